The first kappa shape index (κ1) is 10.5. The fourth-order valence-electron chi connectivity index (χ4n) is 2.48. The molecule has 1 aliphatic rings. The molecule has 0 unspecified atom stereocenters. The second-order valence-corrected chi connectivity index (χ2v) is 4.13. The Morgan fingerprint density at radius 1 is 1.40 bits per heavy atom. The Morgan fingerprint density at radius 2 is 2.20 bits per heavy atom. The molecule has 1 aromatic rings. The van der Waals surface area contributed by atoms with Gasteiger partial charge >= 0.3 is 0 Å². The van der Waals surface area contributed by atoms with E-state index in [0.717, 1.165) is 18.2 Å². The normalized spacial score (nSPS) is 25.5. The van der Waals surface area contributed by atoms with E-state index in [9.17, 15) is 0 Å². The van der Waals surface area contributed by atoms with Gasteiger partial charge in [-0.3, -0.25) is 0 Å². The Morgan fingerprint density at radius 3 is 2.93 bits per heavy atom. The largest absolute Gasteiger partial charge is 0.496 e. The van der Waals surface area contributed by atoms with Crippen LogP contribution in [0.3, 0.4) is 0 Å². The van der Waals surface area contributed by atoms with Gasteiger partial charge in [-0.2, -0.15) is 0 Å². The molecule has 1 fully saturated rings. The molecule has 0 bridgehead atoms. The van der Waals surface area contributed by atoms with Crippen molar-refractivity contribution in [3.63, 3.8) is 0 Å². The van der Waals surface area contributed by atoms with E-state index in [0.29, 0.717) is 6.04 Å². The van der Waals surface area contributed by atoms with Crippen LogP contribution in [0.15, 0.2) is 24.3 Å². The molecule has 82 valence electrons. The molecule has 1 aliphatic heterocycles. The van der Waals surface area contributed by atoms with Gasteiger partial charge in [0.15, 0.2) is 0 Å². The molecule has 0 amide bonds. The highest BCUT2D eigenvalue weighted by Gasteiger charge is 2.28. The Bertz CT molecular complexity index is 324. The van der Waals surface area contributed by atoms with E-state index < -0.39 is 0 Å². The third-order valence-corrected chi connectivity index (χ3v) is 3.35. The molecular weight excluding hydrogens is 186 g/mol. The summed E-state index contributed by atoms with van der Waals surface area (Å²) in [5.41, 5.74) is 1.31. The van der Waals surface area contributed by atoms with E-state index in [2.05, 4.69) is 24.4 Å². The minimum absolute atomic E-state index is 0.478. The smallest absolute Gasteiger partial charge is 0.123 e. The zero-order chi connectivity index (χ0) is 10.7. The van der Waals surface area contributed by atoms with Crippen molar-refractivity contribution in [1.29, 1.82) is 0 Å². The predicted molar refractivity (Wildman–Crippen MR) is 62.1 cm³/mol. The minimum atomic E-state index is 0.478. The van der Waals surface area contributed by atoms with Crippen LogP contribution < -0.4 is 10.1 Å². The Balaban J connectivity index is 2.27. The van der Waals surface area contributed by atoms with Crippen LogP contribution in [0.25, 0.3) is 0 Å². The van der Waals surface area contributed by atoms with E-state index in [1.165, 1.54) is 18.4 Å². The average Bonchev–Trinajstić information content (AvgIpc) is 2.76. The lowest BCUT2D eigenvalue weighted by Gasteiger charge is -2.20. The maximum absolute atomic E-state index is 5.41. The van der Waals surface area contributed by atoms with Crippen LogP contribution in [0.5, 0.6) is 5.75 Å². The van der Waals surface area contributed by atoms with Crippen molar-refractivity contribution >= 4 is 0 Å². The van der Waals surface area contributed by atoms with Gasteiger partial charge in [0.05, 0.1) is 7.11 Å². The zero-order valence-corrected chi connectivity index (χ0v) is 9.49. The maximum Gasteiger partial charge on any atom is 0.123 e. The number of nitrogens with one attached hydrogen (secondary N) is 1. The molecule has 1 heterocycles. The van der Waals surface area contributed by atoms with Crippen molar-refractivity contribution in [3.8, 4) is 5.75 Å². The molecule has 0 saturated carbocycles. The number of para-hydroxylation sites is 1. The molecule has 2 heteroatoms. The summed E-state index contributed by atoms with van der Waals surface area (Å²) in [6.07, 6.45) is 2.51. The Labute approximate surface area is 91.6 Å². The highest BCUT2D eigenvalue weighted by Crippen LogP contribution is 2.36. The molecule has 2 atom stereocenters. The van der Waals surface area contributed by atoms with Crippen LogP contribution in [-0.2, 0) is 0 Å². The van der Waals surface area contributed by atoms with Crippen LogP contribution in [0, 0.1) is 5.92 Å². The lowest BCUT2D eigenvalue weighted by Crippen LogP contribution is -2.18. The van der Waals surface area contributed by atoms with E-state index >= 15 is 0 Å². The monoisotopic (exact) mass is 205 g/mol. The van der Waals surface area contributed by atoms with Crippen molar-refractivity contribution in [2.75, 3.05) is 13.7 Å². The number of hydrogen-bond donors (Lipinski definition) is 1. The molecule has 0 aliphatic carbocycles. The van der Waals surface area contributed by atoms with E-state index in [4.69, 9.17) is 4.74 Å². The summed E-state index contributed by atoms with van der Waals surface area (Å²) in [5.74, 6) is 1.76. The van der Waals surface area contributed by atoms with Crippen molar-refractivity contribution in [1.82, 2.24) is 5.32 Å². The molecule has 2 nitrogen and oxygen atoms in total. The van der Waals surface area contributed by atoms with Gasteiger partial charge in [-0.1, -0.05) is 31.5 Å². The van der Waals surface area contributed by atoms with Crippen LogP contribution in [0.2, 0.25) is 0 Å². The first-order valence-electron chi connectivity index (χ1n) is 5.73. The van der Waals surface area contributed by atoms with Gasteiger partial charge in [-0.05, 0) is 24.9 Å². The van der Waals surface area contributed by atoms with E-state index in [1.54, 1.807) is 7.11 Å². The molecule has 15 heavy (non-hydrogen) atoms. The number of ether oxygens (including phenoxy) is 1. The zero-order valence-electron chi connectivity index (χ0n) is 9.49. The van der Waals surface area contributed by atoms with Gasteiger partial charge in [-0.15, -0.1) is 0 Å². The van der Waals surface area contributed by atoms with Crippen LogP contribution in [0.1, 0.15) is 31.4 Å². The molecule has 1 N–H and O–H groups in total. The Kier molecular flexibility index (Phi) is 3.27. The van der Waals surface area contributed by atoms with Crippen LogP contribution >= 0.6 is 0 Å². The van der Waals surface area contributed by atoms with Crippen molar-refractivity contribution in [3.05, 3.63) is 29.8 Å². The second kappa shape index (κ2) is 4.67. The number of benzene rings is 1. The minimum Gasteiger partial charge on any atom is -0.496 e. The van der Waals surface area contributed by atoms with Crippen LogP contribution in [0.4, 0.5) is 0 Å². The van der Waals surface area contributed by atoms with E-state index in [-0.39, 0.29) is 0 Å². The Hall–Kier alpha value is -1.02. The fraction of sp³-hybridized carbons (Fsp3) is 0.538. The SMILES string of the molecule is CC[C@H]1CCN[C@@H]1c1ccccc1OC. The molecule has 0 aromatic heterocycles. The van der Waals surface area contributed by atoms with Gasteiger partial charge in [0, 0.05) is 11.6 Å². The summed E-state index contributed by atoms with van der Waals surface area (Å²) in [6.45, 7) is 3.39. The molecule has 1 aromatic carbocycles. The molecule has 2 rings (SSSR count). The summed E-state index contributed by atoms with van der Waals surface area (Å²) < 4.78 is 5.41. The summed E-state index contributed by atoms with van der Waals surface area (Å²) in [7, 11) is 1.74. The van der Waals surface area contributed by atoms with Crippen molar-refractivity contribution in [2.24, 2.45) is 5.92 Å². The van der Waals surface area contributed by atoms with Gasteiger partial charge < -0.3 is 10.1 Å². The average molecular weight is 205 g/mol. The fourth-order valence-corrected chi connectivity index (χ4v) is 2.48. The second-order valence-electron chi connectivity index (χ2n) is 4.13. The first-order valence-corrected chi connectivity index (χ1v) is 5.73. The third kappa shape index (κ3) is 2.00. The quantitative estimate of drug-likeness (QED) is 0.819. The summed E-state index contributed by atoms with van der Waals surface area (Å²) in [5, 5.41) is 3.57. The highest BCUT2D eigenvalue weighted by atomic mass is 16.5. The summed E-state index contributed by atoms with van der Waals surface area (Å²) in [6, 6.07) is 8.81. The number of rotatable bonds is 3. The lowest BCUT2D eigenvalue weighted by molar-refractivity contribution is 0.385. The summed E-state index contributed by atoms with van der Waals surface area (Å²) in [4.78, 5) is 0. The van der Waals surface area contributed by atoms with Crippen LogP contribution in [-0.4, -0.2) is 13.7 Å². The third-order valence-electron chi connectivity index (χ3n) is 3.35. The first-order chi connectivity index (χ1) is 7.36. The topological polar surface area (TPSA) is 21.3 Å². The maximum atomic E-state index is 5.41. The lowest BCUT2D eigenvalue weighted by atomic mass is 9.92. The molecular formula is C13H19NO. The van der Waals surface area contributed by atoms with Gasteiger partial charge in [-0.25, -0.2) is 0 Å². The van der Waals surface area contributed by atoms with Gasteiger partial charge in [0.1, 0.15) is 5.75 Å². The van der Waals surface area contributed by atoms with Crippen molar-refractivity contribution < 1.29 is 4.74 Å². The van der Waals surface area contributed by atoms with Gasteiger partial charge in [0.25, 0.3) is 0 Å². The van der Waals surface area contributed by atoms with E-state index in [1.807, 2.05) is 12.1 Å². The predicted octanol–water partition coefficient (Wildman–Crippen LogP) is 2.76. The molecule has 0 radical (unpaired) electrons. The highest BCUT2D eigenvalue weighted by molar-refractivity contribution is 5.36. The standard InChI is InChI=1S/C13H19NO/c1-3-10-8-9-14-13(10)11-6-4-5-7-12(11)15-2/h4-7,10,13-14H,3,8-9H2,1-2H3/t10-,13-/m0/s1. The number of hydrogen-bond acceptors (Lipinski definition) is 2. The molecule has 1 saturated heterocycles. The number of methoxy groups -OCH3 is 1. The van der Waals surface area contributed by atoms with Crippen molar-refractivity contribution in [2.45, 2.75) is 25.8 Å². The van der Waals surface area contributed by atoms with Gasteiger partial charge in [0.2, 0.25) is 0 Å². The molecule has 0 spiro atoms. The summed E-state index contributed by atoms with van der Waals surface area (Å²) >= 11 is 0.